The van der Waals surface area contributed by atoms with Crippen LogP contribution in [0.3, 0.4) is 0 Å². The van der Waals surface area contributed by atoms with Crippen molar-refractivity contribution in [2.24, 2.45) is 0 Å². The minimum Gasteiger partial charge on any atom is -0.0620 e. The Hall–Kier alpha value is -3.64. The molecule has 0 unspecified atom stereocenters. The van der Waals surface area contributed by atoms with E-state index in [1.807, 2.05) is 0 Å². The van der Waals surface area contributed by atoms with Crippen molar-refractivity contribution in [3.8, 4) is 22.3 Å². The Bertz CT molecular complexity index is 1490. The van der Waals surface area contributed by atoms with Crippen LogP contribution in [-0.2, 0) is 0 Å². The van der Waals surface area contributed by atoms with E-state index in [1.54, 1.807) is 0 Å². The number of rotatable bonds is 2. The van der Waals surface area contributed by atoms with Crippen LogP contribution in [-0.4, -0.2) is 0 Å². The molecular weight excluding hydrogens is 348 g/mol. The molecule has 0 spiro atoms. The number of hydrogen-bond donors (Lipinski definition) is 0. The topological polar surface area (TPSA) is 0 Å². The van der Waals surface area contributed by atoms with Crippen molar-refractivity contribution < 1.29 is 0 Å². The smallest absolute Gasteiger partial charge is 0.00206 e. The van der Waals surface area contributed by atoms with Crippen LogP contribution in [0.5, 0.6) is 0 Å². The third-order valence-electron chi connectivity index (χ3n) is 6.18. The molecule has 6 aromatic carbocycles. The van der Waals surface area contributed by atoms with E-state index in [-0.39, 0.29) is 0 Å². The zero-order valence-corrected chi connectivity index (χ0v) is 16.3. The average molecular weight is 368 g/mol. The highest BCUT2D eigenvalue weighted by Gasteiger charge is 2.15. The molecule has 0 nitrogen and oxygen atoms in total. The molecule has 0 radical (unpaired) electrons. The summed E-state index contributed by atoms with van der Waals surface area (Å²) in [5.41, 5.74) is 6.49. The summed E-state index contributed by atoms with van der Waals surface area (Å²) in [6, 6.07) is 37.7. The lowest BCUT2D eigenvalue weighted by Gasteiger charge is -2.17. The van der Waals surface area contributed by atoms with E-state index >= 15 is 0 Å². The Morgan fingerprint density at radius 3 is 1.66 bits per heavy atom. The maximum Gasteiger partial charge on any atom is -0.00206 e. The minimum atomic E-state index is 1.29. The van der Waals surface area contributed by atoms with Gasteiger partial charge in [0, 0.05) is 0 Å². The van der Waals surface area contributed by atoms with E-state index in [0.29, 0.717) is 0 Å². The monoisotopic (exact) mass is 368 g/mol. The van der Waals surface area contributed by atoms with Gasteiger partial charge in [0.05, 0.1) is 0 Å². The zero-order chi connectivity index (χ0) is 19.4. The van der Waals surface area contributed by atoms with Crippen LogP contribution in [0, 0.1) is 6.92 Å². The van der Waals surface area contributed by atoms with Gasteiger partial charge in [-0.3, -0.25) is 0 Å². The lowest BCUT2D eigenvalue weighted by Crippen LogP contribution is -1.90. The van der Waals surface area contributed by atoms with E-state index < -0.39 is 0 Å². The standard InChI is InChI=1S/C29H20/c1-19-7-2-3-10-23(19)24-11-4-5-12-25(24)26-17-15-22-14-13-20-8-6-9-21-16-18-27(26)29(22)28(20)21/h2-18H,1H3. The Morgan fingerprint density at radius 2 is 0.931 bits per heavy atom. The quantitative estimate of drug-likeness (QED) is 0.270. The Kier molecular flexibility index (Phi) is 3.48. The average Bonchev–Trinajstić information content (AvgIpc) is 2.78. The summed E-state index contributed by atoms with van der Waals surface area (Å²) in [7, 11) is 0. The highest BCUT2D eigenvalue weighted by atomic mass is 14.2. The first-order valence-electron chi connectivity index (χ1n) is 10.1. The molecular formula is C29H20. The summed E-state index contributed by atoms with van der Waals surface area (Å²) >= 11 is 0. The molecule has 0 aromatic heterocycles. The van der Waals surface area contributed by atoms with Crippen molar-refractivity contribution in [1.29, 1.82) is 0 Å². The van der Waals surface area contributed by atoms with Crippen LogP contribution in [0.4, 0.5) is 0 Å². The molecule has 6 aromatic rings. The van der Waals surface area contributed by atoms with Gasteiger partial charge in [0.1, 0.15) is 0 Å². The molecule has 0 N–H and O–H groups in total. The van der Waals surface area contributed by atoms with E-state index in [2.05, 4.69) is 110 Å². The lowest BCUT2D eigenvalue weighted by molar-refractivity contribution is 1.46. The maximum absolute atomic E-state index is 2.30. The van der Waals surface area contributed by atoms with Crippen LogP contribution >= 0.6 is 0 Å². The van der Waals surface area contributed by atoms with E-state index in [0.717, 1.165) is 0 Å². The summed E-state index contributed by atoms with van der Waals surface area (Å²) in [6.45, 7) is 2.19. The molecule has 0 fully saturated rings. The fourth-order valence-corrected chi connectivity index (χ4v) is 4.80. The normalized spacial score (nSPS) is 11.6. The molecule has 29 heavy (non-hydrogen) atoms. The molecule has 0 saturated carbocycles. The molecule has 0 heteroatoms. The second kappa shape index (κ2) is 6.18. The molecule has 0 heterocycles. The maximum atomic E-state index is 2.30. The van der Waals surface area contributed by atoms with Crippen molar-refractivity contribution in [2.45, 2.75) is 6.92 Å². The first-order valence-corrected chi connectivity index (χ1v) is 10.1. The SMILES string of the molecule is Cc1ccccc1-c1ccccc1-c1ccc2ccc3cccc4ccc1c2c34. The van der Waals surface area contributed by atoms with Gasteiger partial charge in [-0.25, -0.2) is 0 Å². The van der Waals surface area contributed by atoms with Crippen LogP contribution in [0.25, 0.3) is 54.6 Å². The highest BCUT2D eigenvalue weighted by molar-refractivity contribution is 6.25. The lowest BCUT2D eigenvalue weighted by atomic mass is 9.87. The van der Waals surface area contributed by atoms with Crippen molar-refractivity contribution in [2.75, 3.05) is 0 Å². The predicted molar refractivity (Wildman–Crippen MR) is 126 cm³/mol. The molecule has 0 aliphatic heterocycles. The highest BCUT2D eigenvalue weighted by Crippen LogP contribution is 2.42. The van der Waals surface area contributed by atoms with Crippen LogP contribution < -0.4 is 0 Å². The van der Waals surface area contributed by atoms with Gasteiger partial charge in [-0.05, 0) is 67.1 Å². The Morgan fingerprint density at radius 1 is 0.379 bits per heavy atom. The Balaban J connectivity index is 1.73. The second-order valence-corrected chi connectivity index (χ2v) is 7.83. The van der Waals surface area contributed by atoms with Gasteiger partial charge in [-0.2, -0.15) is 0 Å². The fraction of sp³-hybridized carbons (Fsp3) is 0.0345. The summed E-state index contributed by atoms with van der Waals surface area (Å²) in [5, 5.41) is 8.00. The number of hydrogen-bond acceptors (Lipinski definition) is 0. The predicted octanol–water partition coefficient (Wildman–Crippen LogP) is 8.23. The fourth-order valence-electron chi connectivity index (χ4n) is 4.80. The van der Waals surface area contributed by atoms with Crippen molar-refractivity contribution >= 4 is 32.3 Å². The molecule has 0 aliphatic carbocycles. The van der Waals surface area contributed by atoms with Gasteiger partial charge < -0.3 is 0 Å². The number of aryl methyl sites for hydroxylation is 1. The van der Waals surface area contributed by atoms with E-state index in [9.17, 15) is 0 Å². The van der Waals surface area contributed by atoms with Gasteiger partial charge in [-0.15, -0.1) is 0 Å². The Labute approximate surface area is 170 Å². The van der Waals surface area contributed by atoms with Crippen molar-refractivity contribution in [3.05, 3.63) is 109 Å². The molecule has 6 rings (SSSR count). The van der Waals surface area contributed by atoms with Crippen LogP contribution in [0.15, 0.2) is 103 Å². The second-order valence-electron chi connectivity index (χ2n) is 7.83. The zero-order valence-electron chi connectivity index (χ0n) is 16.3. The molecule has 136 valence electrons. The van der Waals surface area contributed by atoms with Gasteiger partial charge >= 0.3 is 0 Å². The van der Waals surface area contributed by atoms with Gasteiger partial charge in [-0.1, -0.05) is 103 Å². The van der Waals surface area contributed by atoms with Crippen molar-refractivity contribution in [3.63, 3.8) is 0 Å². The minimum absolute atomic E-state index is 1.29. The summed E-state index contributed by atoms with van der Waals surface area (Å²) < 4.78 is 0. The van der Waals surface area contributed by atoms with Crippen LogP contribution in [0.2, 0.25) is 0 Å². The third kappa shape index (κ3) is 2.39. The first kappa shape index (κ1) is 16.3. The summed E-state index contributed by atoms with van der Waals surface area (Å²) in [4.78, 5) is 0. The molecule has 0 aliphatic rings. The van der Waals surface area contributed by atoms with Gasteiger partial charge in [0.2, 0.25) is 0 Å². The molecule has 0 amide bonds. The number of benzene rings is 6. The first-order chi connectivity index (χ1) is 14.3. The van der Waals surface area contributed by atoms with E-state index in [4.69, 9.17) is 0 Å². The largest absolute Gasteiger partial charge is 0.0620 e. The van der Waals surface area contributed by atoms with Crippen molar-refractivity contribution in [1.82, 2.24) is 0 Å². The van der Waals surface area contributed by atoms with Gasteiger partial charge in [0.25, 0.3) is 0 Å². The molecule has 0 atom stereocenters. The summed E-state index contributed by atoms with van der Waals surface area (Å²) in [5.74, 6) is 0. The summed E-state index contributed by atoms with van der Waals surface area (Å²) in [6.07, 6.45) is 0. The van der Waals surface area contributed by atoms with Crippen LogP contribution in [0.1, 0.15) is 5.56 Å². The molecule has 0 saturated heterocycles. The van der Waals surface area contributed by atoms with Gasteiger partial charge in [0.15, 0.2) is 0 Å². The van der Waals surface area contributed by atoms with E-state index in [1.165, 1.54) is 60.1 Å². The third-order valence-corrected chi connectivity index (χ3v) is 6.18. The molecule has 0 bridgehead atoms.